The van der Waals surface area contributed by atoms with Crippen LogP contribution in [0.15, 0.2) is 30.3 Å². The number of aliphatic hydroxyl groups excluding tert-OH is 2. The van der Waals surface area contributed by atoms with Crippen molar-refractivity contribution in [3.63, 3.8) is 0 Å². The number of rotatable bonds is 4. The predicted octanol–water partition coefficient (Wildman–Crippen LogP) is -1.34. The van der Waals surface area contributed by atoms with E-state index < -0.39 is 24.1 Å². The molecule has 0 aliphatic heterocycles. The lowest BCUT2D eigenvalue weighted by atomic mass is 10.2. The zero-order valence-corrected chi connectivity index (χ0v) is 9.63. The Morgan fingerprint density at radius 3 is 1.47 bits per heavy atom. The van der Waals surface area contributed by atoms with Gasteiger partial charge in [0, 0.05) is 5.56 Å². The molecule has 0 fully saturated rings. The number of amides is 1. The van der Waals surface area contributed by atoms with Gasteiger partial charge in [-0.15, -0.1) is 0 Å². The smallest absolute Gasteiger partial charge is 0.335 e. The predicted molar refractivity (Wildman–Crippen MR) is 62.2 cm³/mol. The molecule has 0 heterocycles. The first kappa shape index (κ1) is 16.6. The summed E-state index contributed by atoms with van der Waals surface area (Å²) in [6.45, 7) is 0. The Bertz CT molecular complexity index is 428. The Balaban J connectivity index is 0.000000342. The number of aliphatic hydroxyl groups is 2. The summed E-state index contributed by atoms with van der Waals surface area (Å²) in [6.07, 6.45) is -4.53. The maximum Gasteiger partial charge on any atom is 0.335 e. The summed E-state index contributed by atoms with van der Waals surface area (Å²) in [5.74, 6) is -3.92. The molecule has 2 unspecified atom stereocenters. The summed E-state index contributed by atoms with van der Waals surface area (Å²) < 4.78 is 0. The number of benzene rings is 1. The molecule has 8 nitrogen and oxygen atoms in total. The lowest BCUT2D eigenvalue weighted by Crippen LogP contribution is -2.39. The van der Waals surface area contributed by atoms with E-state index in [-0.39, 0.29) is 5.91 Å². The van der Waals surface area contributed by atoms with Gasteiger partial charge in [0.05, 0.1) is 0 Å². The molecular formula is C11H13NO7. The fourth-order valence-electron chi connectivity index (χ4n) is 0.873. The number of carboxylic acids is 2. The first-order valence-corrected chi connectivity index (χ1v) is 4.94. The van der Waals surface area contributed by atoms with Gasteiger partial charge in [-0.05, 0) is 12.1 Å². The number of primary amides is 1. The van der Waals surface area contributed by atoms with Crippen molar-refractivity contribution in [1.82, 2.24) is 0 Å². The van der Waals surface area contributed by atoms with Crippen LogP contribution >= 0.6 is 0 Å². The van der Waals surface area contributed by atoms with Gasteiger partial charge in [0.25, 0.3) is 0 Å². The van der Waals surface area contributed by atoms with Crippen molar-refractivity contribution in [2.24, 2.45) is 5.73 Å². The SMILES string of the molecule is NC(=O)c1ccccc1.O=C(O)C(O)C(O)C(=O)O. The van der Waals surface area contributed by atoms with Crippen molar-refractivity contribution in [3.05, 3.63) is 35.9 Å². The van der Waals surface area contributed by atoms with Gasteiger partial charge in [0.15, 0.2) is 12.2 Å². The van der Waals surface area contributed by atoms with Crippen LogP contribution in [0.25, 0.3) is 0 Å². The molecule has 0 aromatic heterocycles. The molecule has 104 valence electrons. The summed E-state index contributed by atoms with van der Waals surface area (Å²) >= 11 is 0. The number of carbonyl (C=O) groups excluding carboxylic acids is 1. The lowest BCUT2D eigenvalue weighted by Gasteiger charge is -2.07. The fourth-order valence-corrected chi connectivity index (χ4v) is 0.873. The van der Waals surface area contributed by atoms with E-state index in [0.717, 1.165) is 0 Å². The Labute approximate surface area is 107 Å². The van der Waals surface area contributed by atoms with Gasteiger partial charge in [-0.2, -0.15) is 0 Å². The van der Waals surface area contributed by atoms with Crippen LogP contribution < -0.4 is 5.73 Å². The highest BCUT2D eigenvalue weighted by Crippen LogP contribution is 1.94. The second-order valence-corrected chi connectivity index (χ2v) is 3.30. The maximum absolute atomic E-state index is 10.4. The molecule has 1 aromatic rings. The van der Waals surface area contributed by atoms with Crippen LogP contribution in [0.1, 0.15) is 10.4 Å². The van der Waals surface area contributed by atoms with Crippen LogP contribution in [0.5, 0.6) is 0 Å². The van der Waals surface area contributed by atoms with E-state index in [9.17, 15) is 14.4 Å². The summed E-state index contributed by atoms with van der Waals surface area (Å²) in [4.78, 5) is 30.0. The standard InChI is InChI=1S/C7H7NO.C4H6O6/c8-7(9)6-4-2-1-3-5-6;5-1(3(7)8)2(6)4(9)10/h1-5H,(H2,8,9);1-2,5-6H,(H,7,8)(H,9,10). The molecule has 1 amide bonds. The number of carbonyl (C=O) groups is 3. The zero-order valence-electron chi connectivity index (χ0n) is 9.63. The number of aliphatic carboxylic acids is 2. The monoisotopic (exact) mass is 271 g/mol. The van der Waals surface area contributed by atoms with E-state index in [1.165, 1.54) is 0 Å². The van der Waals surface area contributed by atoms with Crippen LogP contribution in [-0.2, 0) is 9.59 Å². The average Bonchev–Trinajstić information content (AvgIpc) is 2.38. The van der Waals surface area contributed by atoms with E-state index in [2.05, 4.69) is 0 Å². The van der Waals surface area contributed by atoms with E-state index >= 15 is 0 Å². The summed E-state index contributed by atoms with van der Waals surface area (Å²) in [7, 11) is 0. The van der Waals surface area contributed by atoms with Crippen molar-refractivity contribution in [2.75, 3.05) is 0 Å². The molecule has 0 bridgehead atoms. The number of hydrogen-bond donors (Lipinski definition) is 5. The summed E-state index contributed by atoms with van der Waals surface area (Å²) in [6, 6.07) is 8.76. The van der Waals surface area contributed by atoms with Crippen molar-refractivity contribution in [1.29, 1.82) is 0 Å². The van der Waals surface area contributed by atoms with Gasteiger partial charge in [0.2, 0.25) is 5.91 Å². The molecule has 2 atom stereocenters. The van der Waals surface area contributed by atoms with Gasteiger partial charge < -0.3 is 26.2 Å². The van der Waals surface area contributed by atoms with E-state index in [1.807, 2.05) is 6.07 Å². The quantitative estimate of drug-likeness (QED) is 0.453. The van der Waals surface area contributed by atoms with Crippen LogP contribution in [0.3, 0.4) is 0 Å². The molecule has 0 saturated carbocycles. The molecule has 0 aliphatic carbocycles. The number of nitrogens with two attached hydrogens (primary N) is 1. The van der Waals surface area contributed by atoms with Crippen molar-refractivity contribution >= 4 is 17.8 Å². The van der Waals surface area contributed by atoms with Gasteiger partial charge in [-0.1, -0.05) is 18.2 Å². The van der Waals surface area contributed by atoms with Crippen LogP contribution in [0, 0.1) is 0 Å². The van der Waals surface area contributed by atoms with Crippen LogP contribution in [0.2, 0.25) is 0 Å². The molecule has 8 heteroatoms. The van der Waals surface area contributed by atoms with E-state index in [1.54, 1.807) is 24.3 Å². The van der Waals surface area contributed by atoms with Crippen LogP contribution in [-0.4, -0.2) is 50.5 Å². The third-order valence-electron chi connectivity index (χ3n) is 1.86. The molecule has 19 heavy (non-hydrogen) atoms. The highest BCUT2D eigenvalue weighted by Gasteiger charge is 2.29. The second-order valence-electron chi connectivity index (χ2n) is 3.30. The zero-order chi connectivity index (χ0) is 15.0. The first-order chi connectivity index (χ1) is 8.77. The first-order valence-electron chi connectivity index (χ1n) is 4.94. The molecule has 0 spiro atoms. The van der Waals surface area contributed by atoms with Gasteiger partial charge >= 0.3 is 11.9 Å². The minimum absolute atomic E-state index is 0.379. The van der Waals surface area contributed by atoms with Crippen molar-refractivity contribution < 1.29 is 34.8 Å². The average molecular weight is 271 g/mol. The molecule has 0 saturated heterocycles. The number of hydrogen-bond acceptors (Lipinski definition) is 5. The van der Waals surface area contributed by atoms with E-state index in [4.69, 9.17) is 26.2 Å². The highest BCUT2D eigenvalue weighted by atomic mass is 16.4. The third-order valence-corrected chi connectivity index (χ3v) is 1.86. The Morgan fingerprint density at radius 1 is 0.895 bits per heavy atom. The third kappa shape index (κ3) is 6.15. The topological polar surface area (TPSA) is 158 Å². The van der Waals surface area contributed by atoms with Crippen LogP contribution in [0.4, 0.5) is 0 Å². The largest absolute Gasteiger partial charge is 0.479 e. The Morgan fingerprint density at radius 2 is 1.26 bits per heavy atom. The summed E-state index contributed by atoms with van der Waals surface area (Å²) in [5.41, 5.74) is 5.53. The Hall–Kier alpha value is -2.45. The van der Waals surface area contributed by atoms with Crippen molar-refractivity contribution in [3.8, 4) is 0 Å². The molecular weight excluding hydrogens is 258 g/mol. The van der Waals surface area contributed by atoms with Gasteiger partial charge in [0.1, 0.15) is 0 Å². The van der Waals surface area contributed by atoms with E-state index in [0.29, 0.717) is 5.56 Å². The van der Waals surface area contributed by atoms with Gasteiger partial charge in [-0.25, -0.2) is 9.59 Å². The molecule has 1 rings (SSSR count). The molecule has 6 N–H and O–H groups in total. The maximum atomic E-state index is 10.4. The molecule has 1 aromatic carbocycles. The minimum atomic E-state index is -2.27. The second kappa shape index (κ2) is 7.80. The fraction of sp³-hybridized carbons (Fsp3) is 0.182. The van der Waals surface area contributed by atoms with Crippen molar-refractivity contribution in [2.45, 2.75) is 12.2 Å². The van der Waals surface area contributed by atoms with Gasteiger partial charge in [-0.3, -0.25) is 4.79 Å². The Kier molecular flexibility index (Phi) is 6.79. The molecule has 0 aliphatic rings. The molecule has 0 radical (unpaired) electrons. The number of carboxylic acid groups (broad SMARTS) is 2. The normalized spacial score (nSPS) is 12.5. The minimum Gasteiger partial charge on any atom is -0.479 e. The lowest BCUT2D eigenvalue weighted by molar-refractivity contribution is -0.165. The highest BCUT2D eigenvalue weighted by molar-refractivity contribution is 5.92. The summed E-state index contributed by atoms with van der Waals surface area (Å²) in [5, 5.41) is 32.5.